The predicted molar refractivity (Wildman–Crippen MR) is 128 cm³/mol. The maximum atomic E-state index is 3.89. The van der Waals surface area contributed by atoms with Crippen molar-refractivity contribution in [2.75, 3.05) is 13.1 Å². The maximum Gasteiger partial charge on any atom is 0.0543 e. The van der Waals surface area contributed by atoms with Gasteiger partial charge >= 0.3 is 0 Å². The van der Waals surface area contributed by atoms with Gasteiger partial charge in [-0.25, -0.2) is 0 Å². The Balaban J connectivity index is 0.000000516. The van der Waals surface area contributed by atoms with Gasteiger partial charge in [0.05, 0.1) is 6.04 Å². The van der Waals surface area contributed by atoms with Crippen molar-refractivity contribution in [2.45, 2.75) is 65.3 Å². The minimum atomic E-state index is 0.435. The molecule has 0 amide bonds. The first kappa shape index (κ1) is 22.1. The number of benzene rings is 1. The highest BCUT2D eigenvalue weighted by atomic mass is 79.9. The first-order valence-corrected chi connectivity index (χ1v) is 12.3. The van der Waals surface area contributed by atoms with Crippen molar-refractivity contribution in [3.8, 4) is 0 Å². The summed E-state index contributed by atoms with van der Waals surface area (Å²) < 4.78 is 2.49. The molecule has 0 radical (unpaired) electrons. The summed E-state index contributed by atoms with van der Waals surface area (Å²) in [4.78, 5) is 0. The number of rotatable bonds is 1. The van der Waals surface area contributed by atoms with Crippen molar-refractivity contribution in [1.29, 1.82) is 0 Å². The fraction of sp³-hybridized carbons (Fsp3) is 0.583. The molecule has 1 saturated heterocycles. The Labute approximate surface area is 187 Å². The van der Waals surface area contributed by atoms with Gasteiger partial charge in [0, 0.05) is 21.1 Å². The molecule has 2 nitrogen and oxygen atoms in total. The number of halogens is 2. The van der Waals surface area contributed by atoms with Gasteiger partial charge in [-0.15, -0.1) is 0 Å². The molecule has 2 heterocycles. The van der Waals surface area contributed by atoms with Gasteiger partial charge in [0.2, 0.25) is 0 Å². The first-order valence-electron chi connectivity index (χ1n) is 10.7. The summed E-state index contributed by atoms with van der Waals surface area (Å²) in [5.74, 6) is 2.13. The third-order valence-electron chi connectivity index (χ3n) is 5.87. The van der Waals surface area contributed by atoms with E-state index in [0.717, 1.165) is 37.8 Å². The van der Waals surface area contributed by atoms with Crippen molar-refractivity contribution in [1.82, 2.24) is 10.6 Å². The summed E-state index contributed by atoms with van der Waals surface area (Å²) in [6, 6.07) is 5.13. The molecule has 4 heteroatoms. The lowest BCUT2D eigenvalue weighted by atomic mass is 9.73. The van der Waals surface area contributed by atoms with Crippen LogP contribution in [0.4, 0.5) is 0 Å². The number of fused-ring (bicyclic) bond motifs is 2. The van der Waals surface area contributed by atoms with E-state index in [9.17, 15) is 0 Å². The predicted octanol–water partition coefficient (Wildman–Crippen LogP) is 6.58. The molecular weight excluding hydrogens is 476 g/mol. The minimum absolute atomic E-state index is 0.435. The average Bonchev–Trinajstić information content (AvgIpc) is 2.82. The van der Waals surface area contributed by atoms with Gasteiger partial charge < -0.3 is 10.6 Å². The summed E-state index contributed by atoms with van der Waals surface area (Å²) in [6.45, 7) is 11.0. The number of nitrogens with one attached hydrogen (secondary N) is 2. The molecule has 154 valence electrons. The molecule has 1 aromatic rings. The number of allylic oxidation sites excluding steroid dienone is 2. The molecule has 2 unspecified atom stereocenters. The summed E-state index contributed by atoms with van der Waals surface area (Å²) in [5.41, 5.74) is 6.00. The summed E-state index contributed by atoms with van der Waals surface area (Å²) >= 11 is 7.54. The third-order valence-corrected chi connectivity index (χ3v) is 7.43. The van der Waals surface area contributed by atoms with Crippen molar-refractivity contribution in [3.63, 3.8) is 0 Å². The SMILES string of the molecule is CC(C)C.Cc1ccc2c(c1Br)CCC1=CC(Br)=CNC1C2C1CCNCC1. The highest BCUT2D eigenvalue weighted by Crippen LogP contribution is 2.45. The highest BCUT2D eigenvalue weighted by Gasteiger charge is 2.38. The Morgan fingerprint density at radius 1 is 1.04 bits per heavy atom. The smallest absolute Gasteiger partial charge is 0.0543 e. The zero-order valence-electron chi connectivity index (χ0n) is 17.6. The van der Waals surface area contributed by atoms with Gasteiger partial charge in [-0.3, -0.25) is 0 Å². The largest absolute Gasteiger partial charge is 0.383 e. The van der Waals surface area contributed by atoms with Gasteiger partial charge in [0.25, 0.3) is 0 Å². The van der Waals surface area contributed by atoms with E-state index in [4.69, 9.17) is 0 Å². The van der Waals surface area contributed by atoms with Crippen molar-refractivity contribution >= 4 is 31.9 Å². The molecule has 2 N–H and O–H groups in total. The quantitative estimate of drug-likeness (QED) is 0.446. The second-order valence-corrected chi connectivity index (χ2v) is 10.7. The topological polar surface area (TPSA) is 24.1 Å². The molecule has 0 bridgehead atoms. The molecule has 1 fully saturated rings. The van der Waals surface area contributed by atoms with Gasteiger partial charge in [-0.1, -0.05) is 48.8 Å². The Bertz CT molecular complexity index is 742. The second-order valence-electron chi connectivity index (χ2n) is 9.00. The molecule has 0 aromatic heterocycles. The number of aryl methyl sites for hydroxylation is 1. The molecule has 0 spiro atoms. The fourth-order valence-electron chi connectivity index (χ4n) is 4.64. The van der Waals surface area contributed by atoms with Crippen LogP contribution in [0.15, 0.2) is 38.9 Å². The maximum absolute atomic E-state index is 3.89. The van der Waals surface area contributed by atoms with Crippen molar-refractivity contribution in [3.05, 3.63) is 55.6 Å². The van der Waals surface area contributed by atoms with Gasteiger partial charge in [0.1, 0.15) is 0 Å². The van der Waals surface area contributed by atoms with E-state index >= 15 is 0 Å². The van der Waals surface area contributed by atoms with Crippen LogP contribution in [-0.2, 0) is 6.42 Å². The first-order chi connectivity index (χ1) is 13.4. The van der Waals surface area contributed by atoms with Gasteiger partial charge in [-0.2, -0.15) is 0 Å². The zero-order valence-corrected chi connectivity index (χ0v) is 20.8. The van der Waals surface area contributed by atoms with Gasteiger partial charge in [0.15, 0.2) is 0 Å². The highest BCUT2D eigenvalue weighted by molar-refractivity contribution is 9.12. The van der Waals surface area contributed by atoms with E-state index in [2.05, 4.69) is 94.6 Å². The molecule has 3 aliphatic rings. The Morgan fingerprint density at radius 2 is 1.71 bits per heavy atom. The van der Waals surface area contributed by atoms with E-state index in [1.54, 1.807) is 11.1 Å². The van der Waals surface area contributed by atoms with Crippen LogP contribution in [0.3, 0.4) is 0 Å². The number of dihydropyridines is 1. The normalized spacial score (nSPS) is 24.7. The summed E-state index contributed by atoms with van der Waals surface area (Å²) in [6.07, 6.45) is 9.29. The standard InChI is InChI=1S/C20H24Br2N2.C4H10/c1-12-2-4-16-17(19(12)22)5-3-14-10-15(21)11-24-20(14)18(16)13-6-8-23-9-7-13;1-4(2)3/h2,4,10-11,13,18,20,23-24H,3,5-9H2,1H3;4H,1-3H3. The Morgan fingerprint density at radius 3 is 2.39 bits per heavy atom. The third kappa shape index (κ3) is 5.12. The summed E-state index contributed by atoms with van der Waals surface area (Å²) in [5, 5.41) is 7.25. The van der Waals surface area contributed by atoms with Crippen LogP contribution >= 0.6 is 31.9 Å². The average molecular weight is 510 g/mol. The van der Waals surface area contributed by atoms with Crippen molar-refractivity contribution in [2.24, 2.45) is 11.8 Å². The van der Waals surface area contributed by atoms with Crippen LogP contribution in [0.2, 0.25) is 0 Å². The molecule has 2 atom stereocenters. The zero-order chi connectivity index (χ0) is 20.3. The molecule has 1 aromatic carbocycles. The fourth-order valence-corrected chi connectivity index (χ4v) is 5.63. The van der Waals surface area contributed by atoms with E-state index in [1.807, 2.05) is 0 Å². The van der Waals surface area contributed by atoms with E-state index in [-0.39, 0.29) is 0 Å². The van der Waals surface area contributed by atoms with Gasteiger partial charge in [-0.05, 0) is 102 Å². The van der Waals surface area contributed by atoms with Crippen LogP contribution < -0.4 is 10.6 Å². The van der Waals surface area contributed by atoms with E-state index < -0.39 is 0 Å². The van der Waals surface area contributed by atoms with Crippen LogP contribution in [0.25, 0.3) is 0 Å². The monoisotopic (exact) mass is 508 g/mol. The van der Waals surface area contributed by atoms with E-state index in [0.29, 0.717) is 12.0 Å². The number of hydrogen-bond acceptors (Lipinski definition) is 2. The lowest BCUT2D eigenvalue weighted by molar-refractivity contribution is 0.288. The van der Waals surface area contributed by atoms with E-state index in [1.165, 1.54) is 32.9 Å². The number of piperidine rings is 1. The van der Waals surface area contributed by atoms with Crippen LogP contribution in [0.5, 0.6) is 0 Å². The molecule has 4 rings (SSSR count). The molecule has 1 aliphatic carbocycles. The molecule has 28 heavy (non-hydrogen) atoms. The number of hydrogen-bond donors (Lipinski definition) is 2. The van der Waals surface area contributed by atoms with Crippen LogP contribution in [0, 0.1) is 18.8 Å². The molecule has 2 aliphatic heterocycles. The molecular formula is C24H34Br2N2. The molecule has 0 saturated carbocycles. The van der Waals surface area contributed by atoms with Crippen molar-refractivity contribution < 1.29 is 0 Å². The van der Waals surface area contributed by atoms with Crippen LogP contribution in [0.1, 0.15) is 62.6 Å². The Hall–Kier alpha value is -0.580. The summed E-state index contributed by atoms with van der Waals surface area (Å²) in [7, 11) is 0. The Kier molecular flexibility index (Phi) is 7.86. The lowest BCUT2D eigenvalue weighted by Crippen LogP contribution is -2.41. The lowest BCUT2D eigenvalue weighted by Gasteiger charge is -2.38. The minimum Gasteiger partial charge on any atom is -0.383 e. The van der Waals surface area contributed by atoms with Crippen LogP contribution in [-0.4, -0.2) is 19.1 Å². The second kappa shape index (κ2) is 9.95.